The first-order chi connectivity index (χ1) is 8.08. The van der Waals surface area contributed by atoms with Crippen LogP contribution in [0.5, 0.6) is 0 Å². The van der Waals surface area contributed by atoms with E-state index in [9.17, 15) is 8.42 Å². The zero-order chi connectivity index (χ0) is 12.3. The van der Waals surface area contributed by atoms with Gasteiger partial charge in [-0.2, -0.15) is 12.8 Å². The summed E-state index contributed by atoms with van der Waals surface area (Å²) in [5.41, 5.74) is 1.02. The number of nitrogens with zero attached hydrogens (tertiary/aromatic N) is 1. The van der Waals surface area contributed by atoms with E-state index in [1.165, 1.54) is 17.6 Å². The average Bonchev–Trinajstić information content (AvgIpc) is 2.80. The molecule has 3 nitrogen and oxygen atoms in total. The van der Waals surface area contributed by atoms with Crippen molar-refractivity contribution in [3.8, 4) is 0 Å². The van der Waals surface area contributed by atoms with Crippen LogP contribution in [-0.2, 0) is 10.0 Å². The minimum atomic E-state index is -3.58. The molecule has 0 N–H and O–H groups in total. The van der Waals surface area contributed by atoms with Crippen LogP contribution in [0.4, 0.5) is 0 Å². The fourth-order valence-electron chi connectivity index (χ4n) is 1.26. The van der Waals surface area contributed by atoms with E-state index in [-0.39, 0.29) is 4.90 Å². The van der Waals surface area contributed by atoms with E-state index in [1.54, 1.807) is 24.3 Å². The molecule has 0 fully saturated rings. The Hall–Kier alpha value is -1.46. The quantitative estimate of drug-likeness (QED) is 0.801. The Kier molecular flexibility index (Phi) is 3.40. The standard InChI is InChI=1S/C12H11NO2S2/c1-10-4-6-12(7-5-10)17(14,15)13-9-11-3-2-8-16-11/h2-9H,1H3. The summed E-state index contributed by atoms with van der Waals surface area (Å²) in [6, 6.07) is 10.3. The SMILES string of the molecule is Cc1ccc(S(=O)(=O)N=Cc2cccs2)cc1. The molecule has 5 heteroatoms. The van der Waals surface area contributed by atoms with Gasteiger partial charge in [0.1, 0.15) is 0 Å². The van der Waals surface area contributed by atoms with Crippen molar-refractivity contribution in [2.45, 2.75) is 11.8 Å². The maximum Gasteiger partial charge on any atom is 0.282 e. The zero-order valence-corrected chi connectivity index (χ0v) is 10.8. The summed E-state index contributed by atoms with van der Waals surface area (Å²) in [7, 11) is -3.58. The monoisotopic (exact) mass is 265 g/mol. The van der Waals surface area contributed by atoms with Gasteiger partial charge in [0.15, 0.2) is 0 Å². The maximum atomic E-state index is 11.8. The van der Waals surface area contributed by atoms with Crippen molar-refractivity contribution in [1.29, 1.82) is 0 Å². The molecule has 88 valence electrons. The summed E-state index contributed by atoms with van der Waals surface area (Å²) in [4.78, 5) is 1.04. The molecule has 0 radical (unpaired) electrons. The van der Waals surface area contributed by atoms with Gasteiger partial charge >= 0.3 is 0 Å². The minimum absolute atomic E-state index is 0.218. The van der Waals surface area contributed by atoms with Crippen LogP contribution < -0.4 is 0 Å². The molecule has 17 heavy (non-hydrogen) atoms. The van der Waals surface area contributed by atoms with Gasteiger partial charge in [-0.25, -0.2) is 0 Å². The first-order valence-corrected chi connectivity index (χ1v) is 7.30. The van der Waals surface area contributed by atoms with E-state index >= 15 is 0 Å². The summed E-state index contributed by atoms with van der Waals surface area (Å²) >= 11 is 1.45. The Morgan fingerprint density at radius 3 is 2.47 bits per heavy atom. The fraction of sp³-hybridized carbons (Fsp3) is 0.0833. The van der Waals surface area contributed by atoms with Gasteiger partial charge < -0.3 is 0 Å². The highest BCUT2D eigenvalue weighted by Crippen LogP contribution is 2.14. The summed E-state index contributed by atoms with van der Waals surface area (Å²) in [6.07, 6.45) is 1.37. The number of thiophene rings is 1. The molecular weight excluding hydrogens is 254 g/mol. The van der Waals surface area contributed by atoms with Gasteiger partial charge in [0.25, 0.3) is 10.0 Å². The molecule has 1 heterocycles. The van der Waals surface area contributed by atoms with E-state index in [2.05, 4.69) is 4.40 Å². The summed E-state index contributed by atoms with van der Waals surface area (Å²) < 4.78 is 27.3. The molecule has 0 aliphatic carbocycles. The van der Waals surface area contributed by atoms with Crippen molar-refractivity contribution >= 4 is 27.6 Å². The van der Waals surface area contributed by atoms with Crippen molar-refractivity contribution in [2.24, 2.45) is 4.40 Å². The van der Waals surface area contributed by atoms with Crippen LogP contribution in [-0.4, -0.2) is 14.6 Å². The molecule has 0 bridgehead atoms. The van der Waals surface area contributed by atoms with Crippen LogP contribution in [0.15, 0.2) is 51.1 Å². The second-order valence-electron chi connectivity index (χ2n) is 3.54. The average molecular weight is 265 g/mol. The van der Waals surface area contributed by atoms with Crippen LogP contribution in [0.25, 0.3) is 0 Å². The lowest BCUT2D eigenvalue weighted by Crippen LogP contribution is -1.97. The zero-order valence-electron chi connectivity index (χ0n) is 9.20. The van der Waals surface area contributed by atoms with Crippen LogP contribution in [0.3, 0.4) is 0 Å². The molecule has 0 unspecified atom stereocenters. The van der Waals surface area contributed by atoms with Crippen LogP contribution in [0.2, 0.25) is 0 Å². The molecule has 1 aromatic carbocycles. The number of aryl methyl sites for hydroxylation is 1. The number of hydrogen-bond donors (Lipinski definition) is 0. The van der Waals surface area contributed by atoms with Crippen LogP contribution >= 0.6 is 11.3 Å². The van der Waals surface area contributed by atoms with Gasteiger partial charge in [-0.1, -0.05) is 23.8 Å². The van der Waals surface area contributed by atoms with E-state index < -0.39 is 10.0 Å². The van der Waals surface area contributed by atoms with Gasteiger partial charge in [0.05, 0.1) is 11.1 Å². The third-order valence-corrected chi connectivity index (χ3v) is 4.24. The third kappa shape index (κ3) is 3.01. The first kappa shape index (κ1) is 12.0. The Balaban J connectivity index is 2.28. The number of benzene rings is 1. The van der Waals surface area contributed by atoms with Crippen LogP contribution in [0, 0.1) is 6.92 Å². The molecule has 0 aliphatic heterocycles. The van der Waals surface area contributed by atoms with Gasteiger partial charge in [-0.3, -0.25) is 0 Å². The predicted molar refractivity (Wildman–Crippen MR) is 70.3 cm³/mol. The molecule has 2 aromatic rings. The van der Waals surface area contributed by atoms with Gasteiger partial charge in [0.2, 0.25) is 0 Å². The van der Waals surface area contributed by atoms with E-state index in [0.29, 0.717) is 0 Å². The molecule has 0 saturated carbocycles. The van der Waals surface area contributed by atoms with Crippen molar-refractivity contribution < 1.29 is 8.42 Å². The third-order valence-electron chi connectivity index (χ3n) is 2.18. The molecule has 0 aliphatic rings. The lowest BCUT2D eigenvalue weighted by atomic mass is 10.2. The van der Waals surface area contributed by atoms with Gasteiger partial charge in [0, 0.05) is 4.88 Å². The normalized spacial score (nSPS) is 12.1. The lowest BCUT2D eigenvalue weighted by molar-refractivity contribution is 0.598. The van der Waals surface area contributed by atoms with Crippen molar-refractivity contribution in [3.05, 3.63) is 52.2 Å². The smallest absolute Gasteiger partial charge is 0.199 e. The first-order valence-electron chi connectivity index (χ1n) is 4.98. The minimum Gasteiger partial charge on any atom is -0.199 e. The maximum absolute atomic E-state index is 11.8. The molecule has 0 atom stereocenters. The summed E-state index contributed by atoms with van der Waals surface area (Å²) in [6.45, 7) is 1.91. The van der Waals surface area contributed by atoms with E-state index in [1.807, 2.05) is 24.4 Å². The second-order valence-corrected chi connectivity index (χ2v) is 6.15. The summed E-state index contributed by atoms with van der Waals surface area (Å²) in [5.74, 6) is 0. The highest BCUT2D eigenvalue weighted by molar-refractivity contribution is 7.90. The highest BCUT2D eigenvalue weighted by Gasteiger charge is 2.10. The Morgan fingerprint density at radius 2 is 1.88 bits per heavy atom. The topological polar surface area (TPSA) is 46.5 Å². The molecule has 1 aromatic heterocycles. The van der Waals surface area contributed by atoms with E-state index in [0.717, 1.165) is 10.4 Å². The molecular formula is C12H11NO2S2. The van der Waals surface area contributed by atoms with Gasteiger partial charge in [-0.05, 0) is 30.5 Å². The number of sulfonamides is 1. The number of hydrogen-bond acceptors (Lipinski definition) is 3. The van der Waals surface area contributed by atoms with Crippen molar-refractivity contribution in [2.75, 3.05) is 0 Å². The molecule has 0 amide bonds. The Morgan fingerprint density at radius 1 is 1.18 bits per heavy atom. The van der Waals surface area contributed by atoms with Crippen molar-refractivity contribution in [3.63, 3.8) is 0 Å². The molecule has 2 rings (SSSR count). The Labute approximate surface area is 105 Å². The second kappa shape index (κ2) is 4.81. The lowest BCUT2D eigenvalue weighted by Gasteiger charge is -1.98. The fourth-order valence-corrected chi connectivity index (χ4v) is 2.76. The van der Waals surface area contributed by atoms with Crippen LogP contribution in [0.1, 0.15) is 10.4 Å². The van der Waals surface area contributed by atoms with Crippen molar-refractivity contribution in [1.82, 2.24) is 0 Å². The van der Waals surface area contributed by atoms with Gasteiger partial charge in [-0.15, -0.1) is 11.3 Å². The molecule has 0 saturated heterocycles. The highest BCUT2D eigenvalue weighted by atomic mass is 32.2. The predicted octanol–water partition coefficient (Wildman–Crippen LogP) is 2.86. The van der Waals surface area contributed by atoms with E-state index in [4.69, 9.17) is 0 Å². The summed E-state index contributed by atoms with van der Waals surface area (Å²) in [5, 5.41) is 1.87. The number of rotatable bonds is 3. The largest absolute Gasteiger partial charge is 0.282 e. The molecule has 0 spiro atoms. The Bertz CT molecular complexity index is 611.